The van der Waals surface area contributed by atoms with Crippen molar-refractivity contribution >= 4 is 17.9 Å². The minimum absolute atomic E-state index is 0.0615. The van der Waals surface area contributed by atoms with Crippen molar-refractivity contribution in [2.24, 2.45) is 5.92 Å². The van der Waals surface area contributed by atoms with Crippen LogP contribution in [0.4, 0.5) is 0 Å². The summed E-state index contributed by atoms with van der Waals surface area (Å²) in [6.45, 7) is 9.07. The Morgan fingerprint density at radius 2 is 0.500 bits per heavy atom. The van der Waals surface area contributed by atoms with Crippen molar-refractivity contribution in [2.45, 2.75) is 348 Å². The largest absolute Gasteiger partial charge is 0.462 e. The zero-order valence-corrected chi connectivity index (χ0v) is 45.2. The Kier molecular flexibility index (Phi) is 53.0. The van der Waals surface area contributed by atoms with Crippen molar-refractivity contribution < 1.29 is 28.6 Å². The summed E-state index contributed by atoms with van der Waals surface area (Å²) in [5.41, 5.74) is 0. The maximum absolute atomic E-state index is 12.9. The molecule has 0 heterocycles. The molecule has 0 radical (unpaired) electrons. The summed E-state index contributed by atoms with van der Waals surface area (Å²) in [5, 5.41) is 0. The van der Waals surface area contributed by atoms with Crippen molar-refractivity contribution in [3.05, 3.63) is 0 Å². The zero-order valence-electron chi connectivity index (χ0n) is 45.2. The van der Waals surface area contributed by atoms with Crippen LogP contribution in [0.25, 0.3) is 0 Å². The Morgan fingerprint density at radius 1 is 0.288 bits per heavy atom. The number of carbonyl (C=O) groups is 3. The van der Waals surface area contributed by atoms with Crippen molar-refractivity contribution in [3.63, 3.8) is 0 Å². The van der Waals surface area contributed by atoms with Crippen LogP contribution in [0.15, 0.2) is 0 Å². The van der Waals surface area contributed by atoms with Gasteiger partial charge in [0.2, 0.25) is 0 Å². The van der Waals surface area contributed by atoms with Crippen molar-refractivity contribution in [1.29, 1.82) is 0 Å². The van der Waals surface area contributed by atoms with E-state index < -0.39 is 6.10 Å². The van der Waals surface area contributed by atoms with Crippen LogP contribution in [0.1, 0.15) is 342 Å². The van der Waals surface area contributed by atoms with Gasteiger partial charge in [-0.15, -0.1) is 0 Å². The summed E-state index contributed by atoms with van der Waals surface area (Å²) in [5.74, 6) is 0.00748. The summed E-state index contributed by atoms with van der Waals surface area (Å²) < 4.78 is 16.9. The van der Waals surface area contributed by atoms with Crippen molar-refractivity contribution in [3.8, 4) is 0 Å². The summed E-state index contributed by atoms with van der Waals surface area (Å²) in [4.78, 5) is 38.2. The van der Waals surface area contributed by atoms with E-state index in [1.54, 1.807) is 0 Å². The molecule has 0 aromatic carbocycles. The second-order valence-corrected chi connectivity index (χ2v) is 21.1. The number of hydrogen-bond donors (Lipinski definition) is 0. The van der Waals surface area contributed by atoms with Gasteiger partial charge in [0.15, 0.2) is 6.10 Å². The van der Waals surface area contributed by atoms with Gasteiger partial charge in [0.1, 0.15) is 13.2 Å². The Balaban J connectivity index is 4.29. The van der Waals surface area contributed by atoms with Crippen LogP contribution in [0.5, 0.6) is 0 Å². The first-order valence-electron chi connectivity index (χ1n) is 29.9. The summed E-state index contributed by atoms with van der Waals surface area (Å²) >= 11 is 0. The smallest absolute Gasteiger partial charge is 0.306 e. The van der Waals surface area contributed by atoms with E-state index in [1.807, 2.05) is 0 Å². The van der Waals surface area contributed by atoms with Gasteiger partial charge in [-0.1, -0.05) is 304 Å². The zero-order chi connectivity index (χ0) is 48.1. The molecule has 0 fully saturated rings. The highest BCUT2D eigenvalue weighted by Gasteiger charge is 2.19. The van der Waals surface area contributed by atoms with E-state index in [-0.39, 0.29) is 31.1 Å². The van der Waals surface area contributed by atoms with E-state index in [0.29, 0.717) is 19.3 Å². The number of rotatable bonds is 55. The lowest BCUT2D eigenvalue weighted by Crippen LogP contribution is -2.30. The van der Waals surface area contributed by atoms with E-state index in [2.05, 4.69) is 27.7 Å². The summed E-state index contributed by atoms with van der Waals surface area (Å²) in [7, 11) is 0. The monoisotopic (exact) mass is 933 g/mol. The molecular formula is C60H116O6. The lowest BCUT2D eigenvalue weighted by Gasteiger charge is -2.18. The average Bonchev–Trinajstić information content (AvgIpc) is 3.30. The highest BCUT2D eigenvalue weighted by atomic mass is 16.6. The van der Waals surface area contributed by atoms with Gasteiger partial charge in [-0.3, -0.25) is 14.4 Å². The molecule has 0 bridgehead atoms. The average molecular weight is 934 g/mol. The molecule has 0 amide bonds. The Labute approximate surface area is 412 Å². The second kappa shape index (κ2) is 54.4. The number of carbonyl (C=O) groups excluding carboxylic acids is 3. The van der Waals surface area contributed by atoms with Gasteiger partial charge in [-0.25, -0.2) is 0 Å². The lowest BCUT2D eigenvalue weighted by atomic mass is 10.0. The standard InChI is InChI=1S/C60H116O6/c1-5-7-9-11-13-15-17-19-21-22-24-27-31-35-39-43-47-51-58(61)64-54-57(66-60(63)53-49-45-41-37-33-28-23-20-18-16-14-12-10-8-6-2)55-65-59(62)52-48-44-40-36-32-29-25-26-30-34-38-42-46-50-56(3)4/h56-57H,5-55H2,1-4H3/t57-/m1/s1. The molecule has 6 nitrogen and oxygen atoms in total. The number of esters is 3. The van der Waals surface area contributed by atoms with E-state index in [4.69, 9.17) is 14.2 Å². The maximum atomic E-state index is 12.9. The van der Waals surface area contributed by atoms with Gasteiger partial charge >= 0.3 is 17.9 Å². The molecule has 0 saturated carbocycles. The first-order valence-corrected chi connectivity index (χ1v) is 29.9. The van der Waals surface area contributed by atoms with Crippen LogP contribution in [0.2, 0.25) is 0 Å². The molecule has 0 aliphatic rings. The van der Waals surface area contributed by atoms with Crippen LogP contribution >= 0.6 is 0 Å². The molecule has 0 saturated heterocycles. The highest BCUT2D eigenvalue weighted by molar-refractivity contribution is 5.71. The Morgan fingerprint density at radius 3 is 0.742 bits per heavy atom. The predicted molar refractivity (Wildman–Crippen MR) is 284 cm³/mol. The van der Waals surface area contributed by atoms with Crippen LogP contribution in [0, 0.1) is 5.92 Å². The maximum Gasteiger partial charge on any atom is 0.306 e. The first-order chi connectivity index (χ1) is 32.4. The minimum atomic E-state index is -0.762. The topological polar surface area (TPSA) is 78.9 Å². The molecule has 0 unspecified atom stereocenters. The third-order valence-corrected chi connectivity index (χ3v) is 13.8. The lowest BCUT2D eigenvalue weighted by molar-refractivity contribution is -0.167. The normalized spacial score (nSPS) is 12.0. The van der Waals surface area contributed by atoms with Gasteiger partial charge in [-0.05, 0) is 25.2 Å². The van der Waals surface area contributed by atoms with Crippen molar-refractivity contribution in [2.75, 3.05) is 13.2 Å². The molecule has 392 valence electrons. The van der Waals surface area contributed by atoms with E-state index in [9.17, 15) is 14.4 Å². The highest BCUT2D eigenvalue weighted by Crippen LogP contribution is 2.18. The van der Waals surface area contributed by atoms with Gasteiger partial charge in [0.05, 0.1) is 0 Å². The van der Waals surface area contributed by atoms with E-state index >= 15 is 0 Å². The summed E-state index contributed by atoms with van der Waals surface area (Å²) in [6, 6.07) is 0. The Bertz CT molecular complexity index is 996. The molecule has 66 heavy (non-hydrogen) atoms. The van der Waals surface area contributed by atoms with Crippen LogP contribution < -0.4 is 0 Å². The third-order valence-electron chi connectivity index (χ3n) is 13.8. The van der Waals surface area contributed by atoms with Gasteiger partial charge in [0, 0.05) is 19.3 Å². The molecule has 0 rings (SSSR count). The number of ether oxygens (including phenoxy) is 3. The molecule has 1 atom stereocenters. The molecule has 0 aliphatic heterocycles. The molecule has 0 N–H and O–H groups in total. The third kappa shape index (κ3) is 53.4. The molecule has 0 aromatic rings. The predicted octanol–water partition coefficient (Wildman–Crippen LogP) is 19.8. The quantitative estimate of drug-likeness (QED) is 0.0343. The van der Waals surface area contributed by atoms with Gasteiger partial charge in [0.25, 0.3) is 0 Å². The number of unbranched alkanes of at least 4 members (excludes halogenated alkanes) is 42. The van der Waals surface area contributed by atoms with Gasteiger partial charge < -0.3 is 14.2 Å². The first kappa shape index (κ1) is 64.4. The fourth-order valence-electron chi connectivity index (χ4n) is 9.28. The molecule has 6 heteroatoms. The van der Waals surface area contributed by atoms with E-state index in [0.717, 1.165) is 63.7 Å². The minimum Gasteiger partial charge on any atom is -0.462 e. The van der Waals surface area contributed by atoms with Gasteiger partial charge in [-0.2, -0.15) is 0 Å². The van der Waals surface area contributed by atoms with Crippen molar-refractivity contribution in [1.82, 2.24) is 0 Å². The summed E-state index contributed by atoms with van der Waals surface area (Å²) in [6.07, 6.45) is 59.5. The molecule has 0 aromatic heterocycles. The second-order valence-electron chi connectivity index (χ2n) is 21.1. The molecule has 0 spiro atoms. The molecular weight excluding hydrogens is 817 g/mol. The van der Waals surface area contributed by atoms with Crippen LogP contribution in [0.3, 0.4) is 0 Å². The Hall–Kier alpha value is -1.59. The van der Waals surface area contributed by atoms with Crippen LogP contribution in [-0.2, 0) is 28.6 Å². The SMILES string of the molecule is CCCCCCCCCCCCCCCCCCCC(=O)OC[C@H](COC(=O)CCCCCCCCCCCCCCCC(C)C)OC(=O)CCCCCCCCCCCCCCCCC. The molecule has 0 aliphatic carbocycles. The fourth-order valence-corrected chi connectivity index (χ4v) is 9.28. The fraction of sp³-hybridized carbons (Fsp3) is 0.950. The number of hydrogen-bond acceptors (Lipinski definition) is 6. The van der Waals surface area contributed by atoms with Crippen LogP contribution in [-0.4, -0.2) is 37.2 Å². The van der Waals surface area contributed by atoms with E-state index in [1.165, 1.54) is 238 Å².